The van der Waals surface area contributed by atoms with E-state index in [1.165, 1.54) is 16.3 Å². The normalized spacial score (nSPS) is 13.2. The van der Waals surface area contributed by atoms with E-state index in [0.29, 0.717) is 0 Å². The van der Waals surface area contributed by atoms with E-state index >= 15 is 0 Å². The Morgan fingerprint density at radius 1 is 0.917 bits per heavy atom. The molecule has 0 fully saturated rings. The number of nitrogens with zero attached hydrogens (tertiary/aromatic N) is 3. The molecule has 0 saturated heterocycles. The largest absolute Gasteiger partial charge is 0.319 e. The zero-order valence-corrected chi connectivity index (χ0v) is 13.6. The van der Waals surface area contributed by atoms with Crippen LogP contribution in [-0.2, 0) is 0 Å². The van der Waals surface area contributed by atoms with Gasteiger partial charge in [-0.2, -0.15) is 0 Å². The van der Waals surface area contributed by atoms with Crippen LogP contribution in [0.3, 0.4) is 0 Å². The number of benzene rings is 3. The summed E-state index contributed by atoms with van der Waals surface area (Å²) in [6.45, 7) is 0.733. The van der Waals surface area contributed by atoms with Gasteiger partial charge in [0.25, 0.3) is 0 Å². The summed E-state index contributed by atoms with van der Waals surface area (Å²) in [6, 6.07) is 24.5. The molecule has 0 spiro atoms. The fraction of sp³-hybridized carbons (Fsp3) is 0.200. The van der Waals surface area contributed by atoms with Crippen molar-refractivity contribution in [3.05, 3.63) is 94.4 Å². The van der Waals surface area contributed by atoms with Crippen molar-refractivity contribution in [3.63, 3.8) is 0 Å². The van der Waals surface area contributed by atoms with Crippen molar-refractivity contribution >= 4 is 10.8 Å². The van der Waals surface area contributed by atoms with Gasteiger partial charge in [-0.05, 0) is 34.5 Å². The topological polar surface area (TPSA) is 60.8 Å². The zero-order valence-electron chi connectivity index (χ0n) is 13.6. The fourth-order valence-electron chi connectivity index (χ4n) is 3.16. The molecule has 4 heteroatoms. The predicted molar refractivity (Wildman–Crippen MR) is 98.9 cm³/mol. The van der Waals surface area contributed by atoms with Crippen LogP contribution in [0.1, 0.15) is 23.1 Å². The molecule has 4 nitrogen and oxygen atoms in total. The first kappa shape index (κ1) is 16.1. The lowest BCUT2D eigenvalue weighted by atomic mass is 9.86. The third-order valence-electron chi connectivity index (χ3n) is 4.32. The number of hydrogen-bond donors (Lipinski definition) is 1. The maximum atomic E-state index is 9.07. The number of rotatable bonds is 6. The van der Waals surface area contributed by atoms with Gasteiger partial charge in [0.2, 0.25) is 0 Å². The maximum Gasteiger partial charge on any atom is 0.0706 e. The molecule has 0 heterocycles. The second-order valence-corrected chi connectivity index (χ2v) is 5.83. The van der Waals surface area contributed by atoms with Crippen LogP contribution in [0.15, 0.2) is 77.9 Å². The molecule has 3 rings (SSSR count). The van der Waals surface area contributed by atoms with E-state index in [9.17, 15) is 0 Å². The summed E-state index contributed by atoms with van der Waals surface area (Å²) in [5, 5.41) is 9.76. The predicted octanol–water partition coefficient (Wildman–Crippen LogP) is 5.19. The number of likely N-dealkylation sites (N-methyl/N-ethyl adjacent to an activating group) is 1. The monoisotopic (exact) mass is 316 g/mol. The van der Waals surface area contributed by atoms with Crippen LogP contribution in [0.4, 0.5) is 0 Å². The van der Waals surface area contributed by atoms with Crippen LogP contribution >= 0.6 is 0 Å². The molecule has 1 N–H and O–H groups in total. The SMILES string of the molecule is CNC[C@@H](c1ccc2ccccc2c1)[C@H](N=[N+]=[N-])c1ccccc1. The lowest BCUT2D eigenvalue weighted by Crippen LogP contribution is -2.22. The Morgan fingerprint density at radius 2 is 1.62 bits per heavy atom. The Balaban J connectivity index is 2.07. The summed E-state index contributed by atoms with van der Waals surface area (Å²) in [6.07, 6.45) is 0. The van der Waals surface area contributed by atoms with Gasteiger partial charge in [-0.1, -0.05) is 77.9 Å². The first-order valence-electron chi connectivity index (χ1n) is 8.06. The van der Waals surface area contributed by atoms with E-state index in [1.54, 1.807) is 0 Å². The third kappa shape index (κ3) is 3.40. The minimum absolute atomic E-state index is 0.0675. The van der Waals surface area contributed by atoms with Crippen molar-refractivity contribution < 1.29 is 0 Å². The van der Waals surface area contributed by atoms with Crippen LogP contribution in [0.5, 0.6) is 0 Å². The molecule has 0 amide bonds. The quantitative estimate of drug-likeness (QED) is 0.379. The molecule has 3 aromatic rings. The van der Waals surface area contributed by atoms with Gasteiger partial charge in [0.15, 0.2) is 0 Å². The van der Waals surface area contributed by atoms with E-state index < -0.39 is 0 Å². The van der Waals surface area contributed by atoms with Crippen molar-refractivity contribution in [2.75, 3.05) is 13.6 Å². The zero-order chi connectivity index (χ0) is 16.8. The minimum Gasteiger partial charge on any atom is -0.319 e. The van der Waals surface area contributed by atoms with E-state index in [0.717, 1.165) is 12.1 Å². The number of fused-ring (bicyclic) bond motifs is 1. The molecule has 3 aromatic carbocycles. The minimum atomic E-state index is -0.246. The average Bonchev–Trinajstić information content (AvgIpc) is 2.65. The Kier molecular flexibility index (Phi) is 5.12. The summed E-state index contributed by atoms with van der Waals surface area (Å²) < 4.78 is 0. The highest BCUT2D eigenvalue weighted by Crippen LogP contribution is 2.35. The molecule has 0 aromatic heterocycles. The van der Waals surface area contributed by atoms with Crippen LogP contribution in [0, 0.1) is 0 Å². The second-order valence-electron chi connectivity index (χ2n) is 5.83. The van der Waals surface area contributed by atoms with E-state index in [4.69, 9.17) is 5.53 Å². The lowest BCUT2D eigenvalue weighted by molar-refractivity contribution is 0.525. The Labute approximate surface area is 141 Å². The Hall–Kier alpha value is -2.81. The molecule has 0 bridgehead atoms. The van der Waals surface area contributed by atoms with Crippen LogP contribution in [0.25, 0.3) is 21.2 Å². The van der Waals surface area contributed by atoms with Crippen molar-refractivity contribution in [2.45, 2.75) is 12.0 Å². The highest BCUT2D eigenvalue weighted by atomic mass is 15.2. The molecule has 0 aliphatic heterocycles. The maximum absolute atomic E-state index is 9.07. The smallest absolute Gasteiger partial charge is 0.0706 e. The van der Waals surface area contributed by atoms with Gasteiger partial charge in [-0.25, -0.2) is 0 Å². The lowest BCUT2D eigenvalue weighted by Gasteiger charge is -2.24. The standard InChI is InChI=1S/C20H20N4/c1-22-14-19(20(23-24-21)16-8-3-2-4-9-16)18-12-11-15-7-5-6-10-17(15)13-18/h2-13,19-20,22H,14H2,1H3/t19-,20+/m0/s1. The van der Waals surface area contributed by atoms with E-state index in [1.807, 2.05) is 49.5 Å². The molecule has 0 aliphatic rings. The van der Waals surface area contributed by atoms with Gasteiger partial charge in [-0.3, -0.25) is 0 Å². The molecular formula is C20H20N4. The Bertz CT molecular complexity index is 854. The molecule has 0 saturated carbocycles. The molecule has 0 aliphatic carbocycles. The number of hydrogen-bond acceptors (Lipinski definition) is 2. The molecular weight excluding hydrogens is 296 g/mol. The van der Waals surface area contributed by atoms with Gasteiger partial charge in [-0.15, -0.1) is 0 Å². The number of nitrogens with one attached hydrogen (secondary N) is 1. The van der Waals surface area contributed by atoms with Crippen LogP contribution in [-0.4, -0.2) is 13.6 Å². The highest BCUT2D eigenvalue weighted by molar-refractivity contribution is 5.83. The highest BCUT2D eigenvalue weighted by Gasteiger charge is 2.23. The fourth-order valence-corrected chi connectivity index (χ4v) is 3.16. The average molecular weight is 316 g/mol. The van der Waals surface area contributed by atoms with Crippen molar-refractivity contribution in [2.24, 2.45) is 5.11 Å². The summed E-state index contributed by atoms with van der Waals surface area (Å²) in [7, 11) is 1.92. The third-order valence-corrected chi connectivity index (χ3v) is 4.32. The van der Waals surface area contributed by atoms with E-state index in [-0.39, 0.29) is 12.0 Å². The van der Waals surface area contributed by atoms with Crippen molar-refractivity contribution in [3.8, 4) is 0 Å². The molecule has 0 unspecified atom stereocenters. The van der Waals surface area contributed by atoms with Gasteiger partial charge in [0.05, 0.1) is 6.04 Å². The second kappa shape index (κ2) is 7.64. The van der Waals surface area contributed by atoms with Crippen LogP contribution < -0.4 is 5.32 Å². The molecule has 2 atom stereocenters. The summed E-state index contributed by atoms with van der Waals surface area (Å²) in [4.78, 5) is 3.10. The van der Waals surface area contributed by atoms with Gasteiger partial charge in [0.1, 0.15) is 0 Å². The molecule has 120 valence electrons. The van der Waals surface area contributed by atoms with Gasteiger partial charge >= 0.3 is 0 Å². The molecule has 0 radical (unpaired) electrons. The van der Waals surface area contributed by atoms with Crippen LogP contribution in [0.2, 0.25) is 0 Å². The van der Waals surface area contributed by atoms with Crippen molar-refractivity contribution in [1.82, 2.24) is 5.32 Å². The Morgan fingerprint density at radius 3 is 2.33 bits per heavy atom. The summed E-state index contributed by atoms with van der Waals surface area (Å²) >= 11 is 0. The summed E-state index contributed by atoms with van der Waals surface area (Å²) in [5.41, 5.74) is 11.3. The molecule has 24 heavy (non-hydrogen) atoms. The first-order chi connectivity index (χ1) is 11.8. The van der Waals surface area contributed by atoms with Gasteiger partial charge in [0, 0.05) is 17.4 Å². The number of azide groups is 1. The van der Waals surface area contributed by atoms with Crippen molar-refractivity contribution in [1.29, 1.82) is 0 Å². The summed E-state index contributed by atoms with van der Waals surface area (Å²) in [5.74, 6) is 0.0675. The first-order valence-corrected chi connectivity index (χ1v) is 8.06. The van der Waals surface area contributed by atoms with E-state index in [2.05, 4.69) is 45.7 Å². The van der Waals surface area contributed by atoms with Gasteiger partial charge < -0.3 is 5.32 Å².